The number of carbonyl (C=O) groups is 1. The molecular formula is C15H31NO2. The highest BCUT2D eigenvalue weighted by atomic mass is 16.6. The Morgan fingerprint density at radius 3 is 1.83 bits per heavy atom. The molecule has 0 aromatic rings. The quantitative estimate of drug-likeness (QED) is 0.787. The molecule has 0 aromatic heterocycles. The number of rotatable bonds is 5. The van der Waals surface area contributed by atoms with Crippen molar-refractivity contribution in [2.45, 2.75) is 85.8 Å². The number of hydrogen-bond acceptors (Lipinski definition) is 2. The van der Waals surface area contributed by atoms with Crippen molar-refractivity contribution in [1.82, 2.24) is 5.32 Å². The Bertz CT molecular complexity index is 279. The van der Waals surface area contributed by atoms with Crippen molar-refractivity contribution in [1.29, 1.82) is 0 Å². The first kappa shape index (κ1) is 17.3. The van der Waals surface area contributed by atoms with E-state index in [1.54, 1.807) is 0 Å². The van der Waals surface area contributed by atoms with Crippen LogP contribution in [0, 0.1) is 5.41 Å². The number of alkyl carbamates (subject to hydrolysis) is 1. The van der Waals surface area contributed by atoms with Gasteiger partial charge in [0.25, 0.3) is 0 Å². The van der Waals surface area contributed by atoms with E-state index in [9.17, 15) is 4.79 Å². The van der Waals surface area contributed by atoms with Crippen molar-refractivity contribution in [3.8, 4) is 0 Å². The lowest BCUT2D eigenvalue weighted by atomic mass is 9.76. The molecule has 0 rings (SSSR count). The van der Waals surface area contributed by atoms with Crippen molar-refractivity contribution in [2.75, 3.05) is 0 Å². The molecule has 0 aliphatic carbocycles. The average Bonchev–Trinajstić information content (AvgIpc) is 2.13. The summed E-state index contributed by atoms with van der Waals surface area (Å²) < 4.78 is 5.33. The molecule has 18 heavy (non-hydrogen) atoms. The van der Waals surface area contributed by atoms with Crippen molar-refractivity contribution in [2.24, 2.45) is 5.41 Å². The van der Waals surface area contributed by atoms with Crippen molar-refractivity contribution >= 4 is 6.09 Å². The third kappa shape index (κ3) is 6.87. The van der Waals surface area contributed by atoms with Crippen LogP contribution < -0.4 is 5.32 Å². The zero-order chi connectivity index (χ0) is 14.6. The Kier molecular flexibility index (Phi) is 5.70. The summed E-state index contributed by atoms with van der Waals surface area (Å²) in [5.74, 6) is 0. The molecule has 0 aromatic carbocycles. The zero-order valence-electron chi connectivity index (χ0n) is 13.4. The van der Waals surface area contributed by atoms with Crippen molar-refractivity contribution in [3.05, 3.63) is 0 Å². The van der Waals surface area contributed by atoms with Crippen LogP contribution in [-0.4, -0.2) is 17.2 Å². The Morgan fingerprint density at radius 2 is 1.50 bits per heavy atom. The largest absolute Gasteiger partial charge is 0.444 e. The highest BCUT2D eigenvalue weighted by Crippen LogP contribution is 2.32. The van der Waals surface area contributed by atoms with E-state index in [0.717, 1.165) is 19.3 Å². The molecule has 1 amide bonds. The minimum atomic E-state index is -0.445. The maximum atomic E-state index is 11.9. The van der Waals surface area contributed by atoms with Gasteiger partial charge in [0, 0.05) is 5.54 Å². The summed E-state index contributed by atoms with van der Waals surface area (Å²) in [5, 5.41) is 3.03. The fraction of sp³-hybridized carbons (Fsp3) is 0.933. The molecule has 0 aliphatic heterocycles. The molecule has 0 aliphatic rings. The standard InChI is InChI=1S/C15H31NO2/c1-9-14(6,7)11-15(8,10-2)16-12(17)18-13(3,4)5/h9-11H2,1-8H3,(H,16,17). The number of hydrogen-bond donors (Lipinski definition) is 1. The van der Waals surface area contributed by atoms with Gasteiger partial charge in [0.2, 0.25) is 0 Å². The Hall–Kier alpha value is -0.730. The molecule has 1 atom stereocenters. The van der Waals surface area contributed by atoms with Gasteiger partial charge in [-0.05, 0) is 46.0 Å². The molecule has 0 saturated carbocycles. The van der Waals surface area contributed by atoms with Gasteiger partial charge in [-0.25, -0.2) is 4.79 Å². The van der Waals surface area contributed by atoms with Crippen LogP contribution in [0.1, 0.15) is 74.7 Å². The summed E-state index contributed by atoms with van der Waals surface area (Å²) in [6, 6.07) is 0. The third-order valence-electron chi connectivity index (χ3n) is 3.41. The SMILES string of the molecule is CCC(C)(C)CC(C)(CC)NC(=O)OC(C)(C)C. The molecule has 0 radical (unpaired) electrons. The fourth-order valence-corrected chi connectivity index (χ4v) is 1.99. The van der Waals surface area contributed by atoms with Crippen LogP contribution in [-0.2, 0) is 4.74 Å². The minimum absolute atomic E-state index is 0.207. The predicted octanol–water partition coefficient (Wildman–Crippen LogP) is 4.51. The van der Waals surface area contributed by atoms with Crippen LogP contribution in [0.4, 0.5) is 4.79 Å². The minimum Gasteiger partial charge on any atom is -0.444 e. The molecule has 3 heteroatoms. The van der Waals surface area contributed by atoms with Crippen LogP contribution in [0.2, 0.25) is 0 Å². The van der Waals surface area contributed by atoms with E-state index in [4.69, 9.17) is 4.74 Å². The Labute approximate surface area is 113 Å². The highest BCUT2D eigenvalue weighted by Gasteiger charge is 2.32. The third-order valence-corrected chi connectivity index (χ3v) is 3.41. The fourth-order valence-electron chi connectivity index (χ4n) is 1.99. The number of nitrogens with one attached hydrogen (secondary N) is 1. The van der Waals surface area contributed by atoms with Crippen LogP contribution >= 0.6 is 0 Å². The second-order valence-electron chi connectivity index (χ2n) is 7.24. The summed E-state index contributed by atoms with van der Waals surface area (Å²) in [7, 11) is 0. The summed E-state index contributed by atoms with van der Waals surface area (Å²) in [6.45, 7) is 16.5. The molecule has 0 saturated heterocycles. The van der Waals surface area contributed by atoms with Gasteiger partial charge in [-0.1, -0.05) is 34.1 Å². The first-order chi connectivity index (χ1) is 7.93. The molecule has 1 N–H and O–H groups in total. The lowest BCUT2D eigenvalue weighted by Gasteiger charge is -2.37. The smallest absolute Gasteiger partial charge is 0.408 e. The summed E-state index contributed by atoms with van der Waals surface area (Å²) in [5.41, 5.74) is -0.430. The van der Waals surface area contributed by atoms with Gasteiger partial charge in [0.05, 0.1) is 0 Å². The average molecular weight is 257 g/mol. The zero-order valence-corrected chi connectivity index (χ0v) is 13.4. The topological polar surface area (TPSA) is 38.3 Å². The van der Waals surface area contributed by atoms with E-state index in [-0.39, 0.29) is 17.0 Å². The lowest BCUT2D eigenvalue weighted by molar-refractivity contribution is 0.0428. The monoisotopic (exact) mass is 257 g/mol. The van der Waals surface area contributed by atoms with Gasteiger partial charge in [-0.2, -0.15) is 0 Å². The van der Waals surface area contributed by atoms with Crippen LogP contribution in [0.3, 0.4) is 0 Å². The van der Waals surface area contributed by atoms with Gasteiger partial charge >= 0.3 is 6.09 Å². The number of amides is 1. The van der Waals surface area contributed by atoms with Gasteiger partial charge in [0.1, 0.15) is 5.60 Å². The summed E-state index contributed by atoms with van der Waals surface area (Å²) in [6.07, 6.45) is 2.62. The second-order valence-corrected chi connectivity index (χ2v) is 7.24. The molecular weight excluding hydrogens is 226 g/mol. The first-order valence-corrected chi connectivity index (χ1v) is 6.94. The van der Waals surface area contributed by atoms with Crippen LogP contribution in [0.25, 0.3) is 0 Å². The molecule has 0 fully saturated rings. The first-order valence-electron chi connectivity index (χ1n) is 6.94. The highest BCUT2D eigenvalue weighted by molar-refractivity contribution is 5.68. The molecule has 1 unspecified atom stereocenters. The van der Waals surface area contributed by atoms with Crippen molar-refractivity contribution in [3.63, 3.8) is 0 Å². The lowest BCUT2D eigenvalue weighted by Crippen LogP contribution is -2.49. The van der Waals surface area contributed by atoms with Gasteiger partial charge < -0.3 is 10.1 Å². The number of ether oxygens (including phenoxy) is 1. The van der Waals surface area contributed by atoms with Gasteiger partial charge in [-0.3, -0.25) is 0 Å². The van der Waals surface area contributed by atoms with E-state index in [2.05, 4.69) is 39.9 Å². The second kappa shape index (κ2) is 5.94. The maximum Gasteiger partial charge on any atom is 0.408 e. The van der Waals surface area contributed by atoms with Gasteiger partial charge in [-0.15, -0.1) is 0 Å². The molecule has 0 heterocycles. The van der Waals surface area contributed by atoms with E-state index in [0.29, 0.717) is 0 Å². The molecule has 108 valence electrons. The van der Waals surface area contributed by atoms with Gasteiger partial charge in [0.15, 0.2) is 0 Å². The van der Waals surface area contributed by atoms with E-state index in [1.165, 1.54) is 0 Å². The molecule has 0 bridgehead atoms. The summed E-state index contributed by atoms with van der Waals surface area (Å²) >= 11 is 0. The number of carbonyl (C=O) groups excluding carboxylic acids is 1. The van der Waals surface area contributed by atoms with Crippen LogP contribution in [0.15, 0.2) is 0 Å². The predicted molar refractivity (Wildman–Crippen MR) is 76.8 cm³/mol. The van der Waals surface area contributed by atoms with E-state index in [1.807, 2.05) is 20.8 Å². The molecule has 3 nitrogen and oxygen atoms in total. The van der Waals surface area contributed by atoms with Crippen molar-refractivity contribution < 1.29 is 9.53 Å². The Morgan fingerprint density at radius 1 is 1.00 bits per heavy atom. The summed E-state index contributed by atoms with van der Waals surface area (Å²) in [4.78, 5) is 11.9. The van der Waals surface area contributed by atoms with E-state index < -0.39 is 5.60 Å². The normalized spacial score (nSPS) is 16.0. The maximum absolute atomic E-state index is 11.9. The van der Waals surface area contributed by atoms with E-state index >= 15 is 0 Å². The van der Waals surface area contributed by atoms with Crippen LogP contribution in [0.5, 0.6) is 0 Å². The Balaban J connectivity index is 4.63. The molecule has 0 spiro atoms.